The Morgan fingerprint density at radius 3 is 2.71 bits per heavy atom. The second-order valence-electron chi connectivity index (χ2n) is 7.04. The Kier molecular flexibility index (Phi) is 6.46. The molecular formula is C21H28N4O3. The number of benzene rings is 1. The van der Waals surface area contributed by atoms with Gasteiger partial charge in [-0.05, 0) is 19.4 Å². The highest BCUT2D eigenvalue weighted by Crippen LogP contribution is 2.29. The molecule has 3 rings (SSSR count). The molecule has 150 valence electrons. The molecule has 1 N–H and O–H groups in total. The molecular weight excluding hydrogens is 356 g/mol. The molecule has 0 radical (unpaired) electrons. The summed E-state index contributed by atoms with van der Waals surface area (Å²) in [6, 6.07) is 9.99. The van der Waals surface area contributed by atoms with Crippen LogP contribution >= 0.6 is 0 Å². The van der Waals surface area contributed by atoms with Crippen molar-refractivity contribution in [1.82, 2.24) is 20.0 Å². The van der Waals surface area contributed by atoms with Crippen LogP contribution in [0.3, 0.4) is 0 Å². The zero-order valence-corrected chi connectivity index (χ0v) is 16.8. The van der Waals surface area contributed by atoms with E-state index in [0.717, 1.165) is 17.0 Å². The van der Waals surface area contributed by atoms with Gasteiger partial charge in [0, 0.05) is 24.2 Å². The Hall–Kier alpha value is -2.67. The van der Waals surface area contributed by atoms with Crippen molar-refractivity contribution in [3.05, 3.63) is 52.8 Å². The molecule has 2 aromatic rings. The van der Waals surface area contributed by atoms with Gasteiger partial charge >= 0.3 is 0 Å². The minimum Gasteiger partial charge on any atom is -0.377 e. The maximum Gasteiger partial charge on any atom is 0.242 e. The zero-order valence-electron chi connectivity index (χ0n) is 16.8. The molecule has 1 saturated heterocycles. The van der Waals surface area contributed by atoms with Crippen molar-refractivity contribution in [2.24, 2.45) is 0 Å². The molecule has 0 aliphatic carbocycles. The van der Waals surface area contributed by atoms with E-state index >= 15 is 0 Å². The first kappa shape index (κ1) is 20.1. The first-order valence-electron chi connectivity index (χ1n) is 9.73. The molecule has 7 heteroatoms. The van der Waals surface area contributed by atoms with E-state index in [4.69, 9.17) is 9.84 Å². The van der Waals surface area contributed by atoms with Crippen LogP contribution in [0.4, 0.5) is 0 Å². The van der Waals surface area contributed by atoms with Gasteiger partial charge in [-0.1, -0.05) is 37.3 Å². The van der Waals surface area contributed by atoms with Gasteiger partial charge in [-0.15, -0.1) is 0 Å². The summed E-state index contributed by atoms with van der Waals surface area (Å²) in [5.41, 5.74) is 4.15. The molecule has 0 unspecified atom stereocenters. The van der Waals surface area contributed by atoms with Crippen LogP contribution in [0.15, 0.2) is 30.3 Å². The number of hydrogen-bond donors (Lipinski definition) is 1. The van der Waals surface area contributed by atoms with Crippen LogP contribution in [0.5, 0.6) is 0 Å². The highest BCUT2D eigenvalue weighted by atomic mass is 16.5. The Labute approximate surface area is 165 Å². The zero-order chi connectivity index (χ0) is 20.1. The van der Waals surface area contributed by atoms with Gasteiger partial charge in [-0.3, -0.25) is 14.3 Å². The van der Waals surface area contributed by atoms with Crippen LogP contribution in [0.25, 0.3) is 0 Å². The summed E-state index contributed by atoms with van der Waals surface area (Å²) in [5.74, 6) is -0.217. The van der Waals surface area contributed by atoms with Crippen molar-refractivity contribution in [1.29, 1.82) is 0 Å². The summed E-state index contributed by atoms with van der Waals surface area (Å²) in [4.78, 5) is 26.1. The Balaban J connectivity index is 1.81. The number of ether oxygens (including phenoxy) is 1. The second kappa shape index (κ2) is 9.01. The van der Waals surface area contributed by atoms with E-state index in [2.05, 4.69) is 17.4 Å². The third-order valence-corrected chi connectivity index (χ3v) is 5.15. The van der Waals surface area contributed by atoms with Gasteiger partial charge < -0.3 is 15.0 Å². The minimum atomic E-state index is -0.190. The first-order valence-corrected chi connectivity index (χ1v) is 9.73. The second-order valence-corrected chi connectivity index (χ2v) is 7.04. The fourth-order valence-corrected chi connectivity index (χ4v) is 3.65. The highest BCUT2D eigenvalue weighted by molar-refractivity contribution is 5.85. The molecule has 1 aliphatic rings. The summed E-state index contributed by atoms with van der Waals surface area (Å²) in [6.45, 7) is 7.92. The van der Waals surface area contributed by atoms with Gasteiger partial charge in [0.1, 0.15) is 0 Å². The number of morpholine rings is 1. The van der Waals surface area contributed by atoms with Crippen molar-refractivity contribution in [2.45, 2.75) is 39.8 Å². The molecule has 0 bridgehead atoms. The van der Waals surface area contributed by atoms with Crippen LogP contribution in [-0.4, -0.2) is 52.8 Å². The lowest BCUT2D eigenvalue weighted by Gasteiger charge is -2.36. The van der Waals surface area contributed by atoms with Gasteiger partial charge in [-0.25, -0.2) is 0 Å². The molecule has 0 spiro atoms. The number of hydrogen-bond acceptors (Lipinski definition) is 4. The number of aromatic nitrogens is 2. The average Bonchev–Trinajstić information content (AvgIpc) is 2.99. The largest absolute Gasteiger partial charge is 0.377 e. The highest BCUT2D eigenvalue weighted by Gasteiger charge is 2.32. The number of nitrogens with one attached hydrogen (secondary N) is 1. The van der Waals surface area contributed by atoms with Crippen molar-refractivity contribution in [3.63, 3.8) is 0 Å². The number of rotatable bonds is 6. The van der Waals surface area contributed by atoms with Crippen LogP contribution in [0.2, 0.25) is 0 Å². The number of carbonyl (C=O) groups is 2. The molecule has 7 nitrogen and oxygen atoms in total. The predicted octanol–water partition coefficient (Wildman–Crippen LogP) is 1.97. The molecule has 2 heterocycles. The topological polar surface area (TPSA) is 76.5 Å². The lowest BCUT2D eigenvalue weighted by molar-refractivity contribution is -0.140. The van der Waals surface area contributed by atoms with Crippen LogP contribution < -0.4 is 5.32 Å². The van der Waals surface area contributed by atoms with Gasteiger partial charge in [-0.2, -0.15) is 5.10 Å². The summed E-state index contributed by atoms with van der Waals surface area (Å²) in [6.07, 6.45) is 0.365. The monoisotopic (exact) mass is 384 g/mol. The van der Waals surface area contributed by atoms with Crippen molar-refractivity contribution < 1.29 is 14.3 Å². The molecule has 1 aromatic carbocycles. The number of amides is 2. The fourth-order valence-electron chi connectivity index (χ4n) is 3.65. The third-order valence-electron chi connectivity index (χ3n) is 5.15. The van der Waals surface area contributed by atoms with Crippen LogP contribution in [-0.2, 0) is 20.9 Å². The van der Waals surface area contributed by atoms with Crippen LogP contribution in [0, 0.1) is 13.8 Å². The smallest absolute Gasteiger partial charge is 0.242 e. The third kappa shape index (κ3) is 4.42. The number of carbonyl (C=O) groups excluding carboxylic acids is 2. The molecule has 2 amide bonds. The van der Waals surface area contributed by atoms with Crippen LogP contribution in [0.1, 0.15) is 41.9 Å². The van der Waals surface area contributed by atoms with E-state index in [9.17, 15) is 9.59 Å². The SMILES string of the molecule is CCC(=O)NCC(=O)N1CCOC[C@H]1c1c(C)nn(Cc2ccccc2)c1C. The molecule has 0 saturated carbocycles. The number of nitrogens with zero attached hydrogens (tertiary/aromatic N) is 3. The first-order chi connectivity index (χ1) is 13.5. The molecule has 1 aromatic heterocycles. The van der Waals surface area contributed by atoms with E-state index in [1.54, 1.807) is 6.92 Å². The van der Waals surface area contributed by atoms with Crippen molar-refractivity contribution in [3.8, 4) is 0 Å². The number of aryl methyl sites for hydroxylation is 1. The molecule has 1 aliphatic heterocycles. The van der Waals surface area contributed by atoms with E-state index in [1.165, 1.54) is 5.56 Å². The average molecular weight is 384 g/mol. The summed E-state index contributed by atoms with van der Waals surface area (Å²) in [5, 5.41) is 7.39. The lowest BCUT2D eigenvalue weighted by atomic mass is 10.0. The Morgan fingerprint density at radius 1 is 1.25 bits per heavy atom. The summed E-state index contributed by atoms with van der Waals surface area (Å²) < 4.78 is 7.67. The van der Waals surface area contributed by atoms with E-state index in [0.29, 0.717) is 32.7 Å². The summed E-state index contributed by atoms with van der Waals surface area (Å²) >= 11 is 0. The minimum absolute atomic E-state index is 0.0133. The van der Waals surface area contributed by atoms with E-state index < -0.39 is 0 Å². The Bertz CT molecular complexity index is 832. The van der Waals surface area contributed by atoms with Gasteiger partial charge in [0.05, 0.1) is 38.0 Å². The molecule has 1 fully saturated rings. The molecule has 1 atom stereocenters. The Morgan fingerprint density at radius 2 is 2.00 bits per heavy atom. The van der Waals surface area contributed by atoms with E-state index in [1.807, 2.05) is 41.6 Å². The maximum absolute atomic E-state index is 12.8. The maximum atomic E-state index is 12.8. The van der Waals surface area contributed by atoms with E-state index in [-0.39, 0.29) is 24.4 Å². The fraction of sp³-hybridized carbons (Fsp3) is 0.476. The quantitative estimate of drug-likeness (QED) is 0.826. The normalized spacial score (nSPS) is 16.8. The summed E-state index contributed by atoms with van der Waals surface area (Å²) in [7, 11) is 0. The molecule has 28 heavy (non-hydrogen) atoms. The predicted molar refractivity (Wildman–Crippen MR) is 106 cm³/mol. The van der Waals surface area contributed by atoms with Gasteiger partial charge in [0.25, 0.3) is 0 Å². The lowest BCUT2D eigenvalue weighted by Crippen LogP contribution is -2.47. The van der Waals surface area contributed by atoms with Crippen molar-refractivity contribution >= 4 is 11.8 Å². The van der Waals surface area contributed by atoms with Gasteiger partial charge in [0.2, 0.25) is 11.8 Å². The van der Waals surface area contributed by atoms with Gasteiger partial charge in [0.15, 0.2) is 0 Å². The van der Waals surface area contributed by atoms with Crippen molar-refractivity contribution in [2.75, 3.05) is 26.3 Å². The standard InChI is InChI=1S/C21H28N4O3/c1-4-19(26)22-12-20(27)24-10-11-28-14-18(24)21-15(2)23-25(16(21)3)13-17-8-6-5-7-9-17/h5-9,18H,4,10-14H2,1-3H3,(H,22,26)/t18-/m0/s1.